The molecule has 0 radical (unpaired) electrons. The quantitative estimate of drug-likeness (QED) is 0.262. The zero-order valence-corrected chi connectivity index (χ0v) is 6.83. The van der Waals surface area contributed by atoms with Crippen molar-refractivity contribution in [3.8, 4) is 0 Å². The van der Waals surface area contributed by atoms with Crippen molar-refractivity contribution in [3.05, 3.63) is 12.7 Å². The van der Waals surface area contributed by atoms with Crippen LogP contribution in [0.5, 0.6) is 0 Å². The van der Waals surface area contributed by atoms with Gasteiger partial charge in [-0.25, -0.2) is 4.79 Å². The van der Waals surface area contributed by atoms with Gasteiger partial charge in [0, 0.05) is 0 Å². The van der Waals surface area contributed by atoms with E-state index in [1.807, 2.05) is 0 Å². The van der Waals surface area contributed by atoms with E-state index in [1.54, 1.807) is 0 Å². The summed E-state index contributed by atoms with van der Waals surface area (Å²) in [4.78, 5) is 20.9. The molecule has 0 unspecified atom stereocenters. The molecule has 12 heavy (non-hydrogen) atoms. The molecule has 68 valence electrons. The van der Waals surface area contributed by atoms with E-state index in [9.17, 15) is 9.59 Å². The molecule has 0 atom stereocenters. The fraction of sp³-hybridized carbons (Fsp3) is 0.429. The minimum Gasteiger partial charge on any atom is -0.467 e. The predicted octanol–water partition coefficient (Wildman–Crippen LogP) is -0.564. The van der Waals surface area contributed by atoms with Crippen LogP contribution in [-0.4, -0.2) is 32.3 Å². The number of hydrogen-bond acceptors (Lipinski definition) is 4. The van der Waals surface area contributed by atoms with E-state index < -0.39 is 5.97 Å². The van der Waals surface area contributed by atoms with Gasteiger partial charge in [0.15, 0.2) is 0 Å². The highest BCUT2D eigenvalue weighted by Crippen LogP contribution is 1.76. The van der Waals surface area contributed by atoms with Crippen LogP contribution in [0.1, 0.15) is 0 Å². The molecule has 0 rings (SSSR count). The normalized spacial score (nSPS) is 8.75. The van der Waals surface area contributed by atoms with Crippen LogP contribution < -0.4 is 5.32 Å². The molecule has 0 spiro atoms. The lowest BCUT2D eigenvalue weighted by Gasteiger charge is -2.02. The Balaban J connectivity index is 3.27. The zero-order chi connectivity index (χ0) is 9.40. The summed E-state index contributed by atoms with van der Waals surface area (Å²) in [5, 5.41) is 2.32. The smallest absolute Gasteiger partial charge is 0.331 e. The van der Waals surface area contributed by atoms with Gasteiger partial charge < -0.3 is 14.8 Å². The van der Waals surface area contributed by atoms with Crippen LogP contribution in [0.2, 0.25) is 0 Å². The number of hydrogen-bond donors (Lipinski definition) is 1. The third kappa shape index (κ3) is 5.43. The molecule has 1 amide bonds. The van der Waals surface area contributed by atoms with E-state index in [2.05, 4.69) is 16.6 Å². The first-order valence-electron chi connectivity index (χ1n) is 3.25. The van der Waals surface area contributed by atoms with Crippen molar-refractivity contribution in [2.45, 2.75) is 0 Å². The van der Waals surface area contributed by atoms with Gasteiger partial charge in [-0.2, -0.15) is 0 Å². The Morgan fingerprint density at radius 1 is 1.58 bits per heavy atom. The summed E-state index contributed by atoms with van der Waals surface area (Å²) < 4.78 is 8.99. The van der Waals surface area contributed by atoms with Gasteiger partial charge in [-0.3, -0.25) is 4.79 Å². The topological polar surface area (TPSA) is 64.6 Å². The summed E-state index contributed by atoms with van der Waals surface area (Å²) in [6.45, 7) is 3.03. The van der Waals surface area contributed by atoms with E-state index in [4.69, 9.17) is 4.74 Å². The number of carbonyl (C=O) groups excluding carboxylic acids is 2. The lowest BCUT2D eigenvalue weighted by atomic mass is 10.6. The molecule has 0 aliphatic carbocycles. The van der Waals surface area contributed by atoms with Gasteiger partial charge >= 0.3 is 5.97 Å². The molecule has 0 bridgehead atoms. The van der Waals surface area contributed by atoms with E-state index in [0.29, 0.717) is 0 Å². The fourth-order valence-corrected chi connectivity index (χ4v) is 0.388. The van der Waals surface area contributed by atoms with Crippen LogP contribution in [-0.2, 0) is 19.1 Å². The minimum atomic E-state index is -0.483. The van der Waals surface area contributed by atoms with Crippen molar-refractivity contribution in [1.29, 1.82) is 0 Å². The summed E-state index contributed by atoms with van der Waals surface area (Å²) in [7, 11) is 1.26. The third-order valence-corrected chi connectivity index (χ3v) is 0.981. The van der Waals surface area contributed by atoms with Crippen molar-refractivity contribution in [3.63, 3.8) is 0 Å². The molecular weight excluding hydrogens is 162 g/mol. The number of rotatable bonds is 5. The van der Waals surface area contributed by atoms with Crippen molar-refractivity contribution in [1.82, 2.24) is 5.32 Å². The van der Waals surface area contributed by atoms with Gasteiger partial charge in [0.1, 0.15) is 13.3 Å². The van der Waals surface area contributed by atoms with Crippen LogP contribution in [0.25, 0.3) is 0 Å². The average Bonchev–Trinajstić information content (AvgIpc) is 2.11. The lowest BCUT2D eigenvalue weighted by Crippen LogP contribution is -2.25. The number of ether oxygens (including phenoxy) is 2. The van der Waals surface area contributed by atoms with Gasteiger partial charge in [0.25, 0.3) is 0 Å². The Morgan fingerprint density at radius 3 is 2.75 bits per heavy atom. The summed E-state index contributed by atoms with van der Waals surface area (Å²) in [6, 6.07) is 0. The van der Waals surface area contributed by atoms with Crippen LogP contribution in [0.4, 0.5) is 0 Å². The molecular formula is C7H11NO4. The Morgan fingerprint density at radius 2 is 2.25 bits per heavy atom. The maximum absolute atomic E-state index is 10.5. The molecule has 0 aromatic rings. The van der Waals surface area contributed by atoms with Crippen LogP contribution in [0, 0.1) is 0 Å². The maximum atomic E-state index is 10.5. The molecule has 0 aliphatic rings. The summed E-state index contributed by atoms with van der Waals surface area (Å²) in [5.74, 6) is -0.831. The van der Waals surface area contributed by atoms with Crippen LogP contribution >= 0.6 is 0 Å². The summed E-state index contributed by atoms with van der Waals surface area (Å²) in [6.07, 6.45) is 1.11. The number of methoxy groups -OCH3 is 1. The molecule has 1 N–H and O–H groups in total. The Labute approximate surface area is 70.3 Å². The first-order chi connectivity index (χ1) is 5.70. The third-order valence-electron chi connectivity index (χ3n) is 0.981. The summed E-state index contributed by atoms with van der Waals surface area (Å²) in [5.41, 5.74) is 0. The SMILES string of the molecule is C=CC(=O)NCOCC(=O)OC. The van der Waals surface area contributed by atoms with E-state index in [1.165, 1.54) is 7.11 Å². The zero-order valence-electron chi connectivity index (χ0n) is 6.83. The molecule has 0 aromatic carbocycles. The van der Waals surface area contributed by atoms with Crippen LogP contribution in [0.15, 0.2) is 12.7 Å². The minimum absolute atomic E-state index is 0.0278. The van der Waals surface area contributed by atoms with Crippen molar-refractivity contribution in [2.24, 2.45) is 0 Å². The molecule has 0 fully saturated rings. The Kier molecular flexibility index (Phi) is 5.64. The maximum Gasteiger partial charge on any atom is 0.331 e. The van der Waals surface area contributed by atoms with Crippen molar-refractivity contribution >= 4 is 11.9 Å². The molecule has 0 saturated heterocycles. The highest BCUT2D eigenvalue weighted by atomic mass is 16.6. The highest BCUT2D eigenvalue weighted by Gasteiger charge is 1.99. The van der Waals surface area contributed by atoms with Gasteiger partial charge in [0.2, 0.25) is 5.91 Å². The number of nitrogens with one attached hydrogen (secondary N) is 1. The van der Waals surface area contributed by atoms with Gasteiger partial charge in [0.05, 0.1) is 7.11 Å². The van der Waals surface area contributed by atoms with Gasteiger partial charge in [-0.15, -0.1) is 0 Å². The lowest BCUT2D eigenvalue weighted by molar-refractivity contribution is -0.146. The number of esters is 1. The van der Waals surface area contributed by atoms with Crippen LogP contribution in [0.3, 0.4) is 0 Å². The standard InChI is InChI=1S/C7H11NO4/c1-3-6(9)8-5-12-4-7(10)11-2/h3H,1,4-5H2,2H3,(H,8,9). The summed E-state index contributed by atoms with van der Waals surface area (Å²) >= 11 is 0. The fourth-order valence-electron chi connectivity index (χ4n) is 0.388. The molecule has 5 heteroatoms. The monoisotopic (exact) mass is 173 g/mol. The van der Waals surface area contributed by atoms with Gasteiger partial charge in [-0.05, 0) is 6.08 Å². The van der Waals surface area contributed by atoms with Gasteiger partial charge in [-0.1, -0.05) is 6.58 Å². The molecule has 0 aliphatic heterocycles. The molecule has 5 nitrogen and oxygen atoms in total. The van der Waals surface area contributed by atoms with E-state index in [0.717, 1.165) is 6.08 Å². The number of carbonyl (C=O) groups is 2. The largest absolute Gasteiger partial charge is 0.467 e. The van der Waals surface area contributed by atoms with E-state index >= 15 is 0 Å². The first-order valence-corrected chi connectivity index (χ1v) is 3.25. The molecule has 0 heterocycles. The second-order valence-corrected chi connectivity index (χ2v) is 1.81. The molecule has 0 aromatic heterocycles. The Bertz CT molecular complexity index is 178. The predicted molar refractivity (Wildman–Crippen MR) is 41.2 cm³/mol. The second kappa shape index (κ2) is 6.36. The van der Waals surface area contributed by atoms with E-state index in [-0.39, 0.29) is 19.2 Å². The first kappa shape index (κ1) is 10.6. The second-order valence-electron chi connectivity index (χ2n) is 1.81. The number of amides is 1. The molecule has 0 saturated carbocycles. The highest BCUT2D eigenvalue weighted by molar-refractivity contribution is 5.86. The van der Waals surface area contributed by atoms with Crippen molar-refractivity contribution < 1.29 is 19.1 Å². The average molecular weight is 173 g/mol. The van der Waals surface area contributed by atoms with Crippen molar-refractivity contribution in [2.75, 3.05) is 20.4 Å². The Hall–Kier alpha value is -1.36.